The highest BCUT2D eigenvalue weighted by atomic mass is 32.2. The number of nitrogens with two attached hydrogens (primary N) is 1. The molecule has 18 heavy (non-hydrogen) atoms. The van der Waals surface area contributed by atoms with Gasteiger partial charge >= 0.3 is 0 Å². The smallest absolute Gasteiger partial charge is 0.123 e. The van der Waals surface area contributed by atoms with Crippen LogP contribution >= 0.6 is 11.8 Å². The van der Waals surface area contributed by atoms with Gasteiger partial charge in [-0.1, -0.05) is 24.6 Å². The number of methoxy groups -OCH3 is 1. The molecule has 4 heteroatoms. The van der Waals surface area contributed by atoms with Crippen molar-refractivity contribution in [3.05, 3.63) is 29.3 Å². The van der Waals surface area contributed by atoms with Gasteiger partial charge in [-0.3, -0.25) is 0 Å². The Morgan fingerprint density at radius 1 is 1.44 bits per heavy atom. The first kappa shape index (κ1) is 15.3. The van der Waals surface area contributed by atoms with Gasteiger partial charge in [0.15, 0.2) is 0 Å². The molecule has 0 radical (unpaired) electrons. The van der Waals surface area contributed by atoms with E-state index in [1.165, 1.54) is 5.56 Å². The van der Waals surface area contributed by atoms with E-state index >= 15 is 0 Å². The number of aryl methyl sites for hydroxylation is 1. The maximum absolute atomic E-state index is 8.87. The summed E-state index contributed by atoms with van der Waals surface area (Å²) in [6.45, 7) is 4.40. The lowest BCUT2D eigenvalue weighted by atomic mass is 10.1. The maximum Gasteiger partial charge on any atom is 0.123 e. The topological polar surface area (TPSA) is 55.5 Å². The first-order valence-corrected chi connectivity index (χ1v) is 7.26. The van der Waals surface area contributed by atoms with Crippen LogP contribution in [-0.4, -0.2) is 29.8 Å². The van der Waals surface area contributed by atoms with Gasteiger partial charge in [-0.2, -0.15) is 11.8 Å². The number of rotatable bonds is 7. The minimum atomic E-state index is -0.0361. The van der Waals surface area contributed by atoms with Crippen LogP contribution in [0.15, 0.2) is 18.2 Å². The predicted molar refractivity (Wildman–Crippen MR) is 78.3 cm³/mol. The van der Waals surface area contributed by atoms with Crippen LogP contribution in [0.5, 0.6) is 5.75 Å². The summed E-state index contributed by atoms with van der Waals surface area (Å²) in [5.74, 6) is 1.68. The zero-order valence-electron chi connectivity index (χ0n) is 11.3. The molecule has 1 aromatic carbocycles. The van der Waals surface area contributed by atoms with Crippen LogP contribution in [0.25, 0.3) is 0 Å². The molecule has 3 N–H and O–H groups in total. The Morgan fingerprint density at radius 3 is 2.78 bits per heavy atom. The van der Waals surface area contributed by atoms with E-state index in [4.69, 9.17) is 15.6 Å². The third-order valence-electron chi connectivity index (χ3n) is 2.88. The molecule has 0 amide bonds. The molecule has 0 aliphatic heterocycles. The van der Waals surface area contributed by atoms with Crippen LogP contribution in [-0.2, 0) is 0 Å². The number of benzene rings is 1. The van der Waals surface area contributed by atoms with Gasteiger partial charge in [-0.15, -0.1) is 0 Å². The van der Waals surface area contributed by atoms with Crippen molar-refractivity contribution in [3.8, 4) is 5.75 Å². The number of ether oxygens (including phenoxy) is 1. The van der Waals surface area contributed by atoms with E-state index in [9.17, 15) is 0 Å². The zero-order valence-corrected chi connectivity index (χ0v) is 12.2. The molecule has 2 atom stereocenters. The second-order valence-corrected chi connectivity index (χ2v) is 5.98. The molecule has 0 aliphatic carbocycles. The van der Waals surface area contributed by atoms with Gasteiger partial charge in [0.25, 0.3) is 0 Å². The van der Waals surface area contributed by atoms with E-state index in [1.807, 2.05) is 12.1 Å². The molecule has 102 valence electrons. The Bertz CT molecular complexity index is 371. The number of thioether (sulfide) groups is 1. The molecule has 2 unspecified atom stereocenters. The second-order valence-electron chi connectivity index (χ2n) is 4.51. The lowest BCUT2D eigenvalue weighted by Crippen LogP contribution is -2.16. The lowest BCUT2D eigenvalue weighted by molar-refractivity contribution is 0.289. The zero-order chi connectivity index (χ0) is 13.5. The van der Waals surface area contributed by atoms with Gasteiger partial charge in [0.05, 0.1) is 7.11 Å². The average molecular weight is 269 g/mol. The monoisotopic (exact) mass is 269 g/mol. The lowest BCUT2D eigenvalue weighted by Gasteiger charge is -2.18. The average Bonchev–Trinajstić information content (AvgIpc) is 2.36. The summed E-state index contributed by atoms with van der Waals surface area (Å²) in [4.78, 5) is 0. The van der Waals surface area contributed by atoms with Gasteiger partial charge in [-0.25, -0.2) is 0 Å². The third-order valence-corrected chi connectivity index (χ3v) is 4.24. The van der Waals surface area contributed by atoms with E-state index in [0.29, 0.717) is 5.25 Å². The van der Waals surface area contributed by atoms with E-state index in [0.717, 1.165) is 23.5 Å². The number of hydrogen-bond acceptors (Lipinski definition) is 4. The Labute approximate surface area is 114 Å². The molecule has 0 saturated heterocycles. The summed E-state index contributed by atoms with van der Waals surface area (Å²) < 4.78 is 5.35. The van der Waals surface area contributed by atoms with E-state index < -0.39 is 0 Å². The fraction of sp³-hybridized carbons (Fsp3) is 0.571. The summed E-state index contributed by atoms with van der Waals surface area (Å²) in [6, 6.07) is 6.04. The minimum Gasteiger partial charge on any atom is -0.496 e. The van der Waals surface area contributed by atoms with Crippen LogP contribution in [0.4, 0.5) is 0 Å². The first-order chi connectivity index (χ1) is 8.58. The Kier molecular flexibility index (Phi) is 6.54. The van der Waals surface area contributed by atoms with Crippen LogP contribution in [0.3, 0.4) is 0 Å². The Hall–Kier alpha value is -0.710. The molecule has 0 spiro atoms. The fourth-order valence-corrected chi connectivity index (χ4v) is 2.75. The highest BCUT2D eigenvalue weighted by Gasteiger charge is 2.13. The van der Waals surface area contributed by atoms with E-state index in [1.54, 1.807) is 18.9 Å². The Morgan fingerprint density at radius 2 is 2.17 bits per heavy atom. The van der Waals surface area contributed by atoms with Gasteiger partial charge in [-0.05, 0) is 19.4 Å². The molecule has 1 rings (SSSR count). The van der Waals surface area contributed by atoms with Crippen LogP contribution < -0.4 is 10.5 Å². The third kappa shape index (κ3) is 4.52. The molecule has 0 heterocycles. The van der Waals surface area contributed by atoms with Crippen LogP contribution in [0.2, 0.25) is 0 Å². The van der Waals surface area contributed by atoms with Gasteiger partial charge in [0, 0.05) is 29.2 Å². The minimum absolute atomic E-state index is 0.0361. The highest BCUT2D eigenvalue weighted by Crippen LogP contribution is 2.28. The van der Waals surface area contributed by atoms with Crippen molar-refractivity contribution in [1.29, 1.82) is 0 Å². The summed E-state index contributed by atoms with van der Waals surface area (Å²) >= 11 is 1.79. The number of aliphatic hydroxyl groups excluding tert-OH is 1. The quantitative estimate of drug-likeness (QED) is 0.798. The summed E-state index contributed by atoms with van der Waals surface area (Å²) in [7, 11) is 1.67. The summed E-state index contributed by atoms with van der Waals surface area (Å²) in [6.07, 6.45) is 0.808. The first-order valence-electron chi connectivity index (χ1n) is 6.21. The molecule has 0 aliphatic rings. The number of hydrogen-bond donors (Lipinski definition) is 2. The van der Waals surface area contributed by atoms with Gasteiger partial charge < -0.3 is 15.6 Å². The van der Waals surface area contributed by atoms with E-state index in [2.05, 4.69) is 19.9 Å². The van der Waals surface area contributed by atoms with E-state index in [-0.39, 0.29) is 12.6 Å². The number of aliphatic hydroxyl groups is 1. The van der Waals surface area contributed by atoms with Crippen molar-refractivity contribution in [3.63, 3.8) is 0 Å². The standard InChI is InChI=1S/C14H23NO2S/c1-10-4-5-14(17-3)12(8-10)13(15)9-18-11(2)6-7-16/h4-5,8,11,13,16H,6-7,9,15H2,1-3H3. The van der Waals surface area contributed by atoms with Crippen LogP contribution in [0.1, 0.15) is 30.5 Å². The fourth-order valence-electron chi connectivity index (χ4n) is 1.77. The largest absolute Gasteiger partial charge is 0.496 e. The molecule has 0 saturated carbocycles. The molecule has 3 nitrogen and oxygen atoms in total. The van der Waals surface area contributed by atoms with Crippen molar-refractivity contribution in [2.24, 2.45) is 5.73 Å². The highest BCUT2D eigenvalue weighted by molar-refractivity contribution is 7.99. The SMILES string of the molecule is COc1ccc(C)cc1C(N)CSC(C)CCO. The van der Waals surface area contributed by atoms with Crippen molar-refractivity contribution in [2.75, 3.05) is 19.5 Å². The van der Waals surface area contributed by atoms with Crippen molar-refractivity contribution in [2.45, 2.75) is 31.6 Å². The maximum atomic E-state index is 8.87. The molecular formula is C14H23NO2S. The normalized spacial score (nSPS) is 14.3. The predicted octanol–water partition coefficient (Wildman–Crippen LogP) is 2.51. The van der Waals surface area contributed by atoms with Crippen molar-refractivity contribution < 1.29 is 9.84 Å². The van der Waals surface area contributed by atoms with Gasteiger partial charge in [0.2, 0.25) is 0 Å². The second kappa shape index (κ2) is 7.67. The van der Waals surface area contributed by atoms with Crippen LogP contribution in [0, 0.1) is 6.92 Å². The van der Waals surface area contributed by atoms with Crippen molar-refractivity contribution in [1.82, 2.24) is 0 Å². The molecule has 1 aromatic rings. The summed E-state index contributed by atoms with van der Waals surface area (Å²) in [5, 5.41) is 9.30. The van der Waals surface area contributed by atoms with Gasteiger partial charge in [0.1, 0.15) is 5.75 Å². The molecular weight excluding hydrogens is 246 g/mol. The summed E-state index contributed by atoms with van der Waals surface area (Å²) in [5.41, 5.74) is 8.47. The molecule has 0 fully saturated rings. The molecule has 0 aromatic heterocycles. The van der Waals surface area contributed by atoms with Crippen molar-refractivity contribution >= 4 is 11.8 Å². The Balaban J connectivity index is 2.65. The molecule has 0 bridgehead atoms.